The molecular weight excluding hydrogens is 174 g/mol. The summed E-state index contributed by atoms with van der Waals surface area (Å²) in [4.78, 5) is 2.56. The van der Waals surface area contributed by atoms with Crippen LogP contribution in [0.3, 0.4) is 0 Å². The van der Waals surface area contributed by atoms with Crippen LogP contribution in [-0.4, -0.2) is 35.7 Å². The van der Waals surface area contributed by atoms with Crippen molar-refractivity contribution in [1.29, 1.82) is 0 Å². The van der Waals surface area contributed by atoms with Crippen molar-refractivity contribution >= 4 is 0 Å². The normalized spacial score (nSPS) is 39.0. The largest absolute Gasteiger partial charge is 0.392 e. The Morgan fingerprint density at radius 1 is 1.21 bits per heavy atom. The zero-order chi connectivity index (χ0) is 10.1. The number of hydrogen-bond donors (Lipinski definition) is 1. The molecule has 2 bridgehead atoms. The van der Waals surface area contributed by atoms with E-state index in [1.54, 1.807) is 0 Å². The smallest absolute Gasteiger partial charge is 0.0620 e. The number of hydrogen-bond acceptors (Lipinski definition) is 2. The second kappa shape index (κ2) is 4.19. The van der Waals surface area contributed by atoms with E-state index in [2.05, 4.69) is 18.7 Å². The Kier molecular flexibility index (Phi) is 3.13. The average molecular weight is 197 g/mol. The number of fused-ring (bicyclic) bond motifs is 2. The van der Waals surface area contributed by atoms with Gasteiger partial charge in [0.25, 0.3) is 0 Å². The summed E-state index contributed by atoms with van der Waals surface area (Å²) in [6.45, 7) is 8.03. The highest BCUT2D eigenvalue weighted by atomic mass is 16.3. The molecule has 0 radical (unpaired) electrons. The van der Waals surface area contributed by atoms with Gasteiger partial charge in [-0.1, -0.05) is 20.3 Å². The first-order valence-corrected chi connectivity index (χ1v) is 6.07. The lowest BCUT2D eigenvalue weighted by Crippen LogP contribution is -2.52. The van der Waals surface area contributed by atoms with Gasteiger partial charge < -0.3 is 10.0 Å². The van der Waals surface area contributed by atoms with E-state index in [4.69, 9.17) is 0 Å². The van der Waals surface area contributed by atoms with Crippen LogP contribution in [0.5, 0.6) is 0 Å². The van der Waals surface area contributed by atoms with Gasteiger partial charge in [0.1, 0.15) is 0 Å². The maximum absolute atomic E-state index is 10.0. The van der Waals surface area contributed by atoms with Crippen LogP contribution in [0.1, 0.15) is 33.1 Å². The van der Waals surface area contributed by atoms with E-state index < -0.39 is 0 Å². The molecule has 2 aliphatic rings. The fourth-order valence-electron chi connectivity index (χ4n) is 3.17. The summed E-state index contributed by atoms with van der Waals surface area (Å²) in [7, 11) is 0. The van der Waals surface area contributed by atoms with Gasteiger partial charge in [0.2, 0.25) is 0 Å². The van der Waals surface area contributed by atoms with Gasteiger partial charge in [0.05, 0.1) is 6.10 Å². The third-order valence-electron chi connectivity index (χ3n) is 3.72. The molecule has 1 N–H and O–H groups in total. The summed E-state index contributed by atoms with van der Waals surface area (Å²) in [5, 5.41) is 10.0. The first-order valence-electron chi connectivity index (χ1n) is 6.07. The molecule has 1 aliphatic heterocycles. The summed E-state index contributed by atoms with van der Waals surface area (Å²) in [6, 6.07) is 0. The number of piperidine rings is 1. The number of likely N-dealkylation sites (tertiary alicyclic amines) is 1. The number of nitrogens with zero attached hydrogens (tertiary/aromatic N) is 1. The summed E-state index contributed by atoms with van der Waals surface area (Å²) < 4.78 is 0. The van der Waals surface area contributed by atoms with Gasteiger partial charge in [-0.05, 0) is 30.6 Å². The topological polar surface area (TPSA) is 23.5 Å². The Bertz CT molecular complexity index is 179. The van der Waals surface area contributed by atoms with Gasteiger partial charge in [-0.3, -0.25) is 0 Å². The van der Waals surface area contributed by atoms with Crippen molar-refractivity contribution < 1.29 is 5.11 Å². The van der Waals surface area contributed by atoms with Crippen LogP contribution in [-0.2, 0) is 0 Å². The number of aliphatic hydroxyl groups is 1. The first kappa shape index (κ1) is 10.4. The van der Waals surface area contributed by atoms with Crippen molar-refractivity contribution in [3.8, 4) is 0 Å². The summed E-state index contributed by atoms with van der Waals surface area (Å²) in [6.07, 6.45) is 3.83. The molecule has 0 spiro atoms. The van der Waals surface area contributed by atoms with Crippen molar-refractivity contribution in [2.45, 2.75) is 39.2 Å². The van der Waals surface area contributed by atoms with Gasteiger partial charge in [-0.2, -0.15) is 0 Å². The van der Waals surface area contributed by atoms with Crippen molar-refractivity contribution in [3.05, 3.63) is 0 Å². The van der Waals surface area contributed by atoms with E-state index in [-0.39, 0.29) is 6.10 Å². The minimum atomic E-state index is 0.00663. The predicted octanol–water partition coefficient (Wildman–Crippen LogP) is 1.74. The SMILES string of the molecule is CC(C)CN1CC2CCCC(C1)C2O. The van der Waals surface area contributed by atoms with Gasteiger partial charge in [0.15, 0.2) is 0 Å². The Labute approximate surface area is 87.3 Å². The van der Waals surface area contributed by atoms with Gasteiger partial charge in [-0.25, -0.2) is 0 Å². The molecule has 1 saturated carbocycles. The second-order valence-electron chi connectivity index (χ2n) is 5.55. The van der Waals surface area contributed by atoms with E-state index in [9.17, 15) is 5.11 Å². The molecule has 0 aromatic carbocycles. The molecule has 2 heteroatoms. The molecule has 2 rings (SSSR count). The van der Waals surface area contributed by atoms with E-state index in [1.807, 2.05) is 0 Å². The van der Waals surface area contributed by atoms with Crippen molar-refractivity contribution in [2.24, 2.45) is 17.8 Å². The lowest BCUT2D eigenvalue weighted by molar-refractivity contribution is -0.0517. The summed E-state index contributed by atoms with van der Waals surface area (Å²) in [5.74, 6) is 1.90. The fraction of sp³-hybridized carbons (Fsp3) is 1.00. The zero-order valence-electron chi connectivity index (χ0n) is 9.45. The molecule has 2 fully saturated rings. The van der Waals surface area contributed by atoms with Gasteiger partial charge in [-0.15, -0.1) is 0 Å². The van der Waals surface area contributed by atoms with Crippen molar-refractivity contribution in [2.75, 3.05) is 19.6 Å². The van der Waals surface area contributed by atoms with E-state index in [0.29, 0.717) is 11.8 Å². The first-order chi connectivity index (χ1) is 6.66. The van der Waals surface area contributed by atoms with Crippen LogP contribution in [0.25, 0.3) is 0 Å². The molecule has 0 aromatic heterocycles. The molecule has 14 heavy (non-hydrogen) atoms. The maximum Gasteiger partial charge on any atom is 0.0620 e. The minimum absolute atomic E-state index is 0.00663. The molecule has 2 nitrogen and oxygen atoms in total. The Morgan fingerprint density at radius 2 is 1.79 bits per heavy atom. The van der Waals surface area contributed by atoms with Crippen LogP contribution in [0.15, 0.2) is 0 Å². The van der Waals surface area contributed by atoms with Crippen molar-refractivity contribution in [3.63, 3.8) is 0 Å². The molecule has 0 aromatic rings. The summed E-state index contributed by atoms with van der Waals surface area (Å²) in [5.41, 5.74) is 0. The lowest BCUT2D eigenvalue weighted by Gasteiger charge is -2.45. The van der Waals surface area contributed by atoms with Crippen LogP contribution in [0.4, 0.5) is 0 Å². The third kappa shape index (κ3) is 2.12. The molecule has 1 aliphatic carbocycles. The molecule has 1 heterocycles. The van der Waals surface area contributed by atoms with E-state index in [1.165, 1.54) is 25.8 Å². The Balaban J connectivity index is 1.93. The van der Waals surface area contributed by atoms with Crippen LogP contribution >= 0.6 is 0 Å². The average Bonchev–Trinajstić information content (AvgIpc) is 2.05. The van der Waals surface area contributed by atoms with Crippen molar-refractivity contribution in [1.82, 2.24) is 4.90 Å². The molecule has 2 atom stereocenters. The standard InChI is InChI=1S/C12H23NO/c1-9(2)6-13-7-10-4-3-5-11(8-13)12(10)14/h9-12,14H,3-8H2,1-2H3. The zero-order valence-corrected chi connectivity index (χ0v) is 9.45. The third-order valence-corrected chi connectivity index (χ3v) is 3.72. The second-order valence-corrected chi connectivity index (χ2v) is 5.55. The fourth-order valence-corrected chi connectivity index (χ4v) is 3.17. The molecule has 82 valence electrons. The van der Waals surface area contributed by atoms with E-state index in [0.717, 1.165) is 19.0 Å². The molecule has 2 unspecified atom stereocenters. The number of rotatable bonds is 2. The minimum Gasteiger partial charge on any atom is -0.392 e. The maximum atomic E-state index is 10.0. The lowest BCUT2D eigenvalue weighted by atomic mass is 9.75. The highest BCUT2D eigenvalue weighted by molar-refractivity contribution is 4.90. The van der Waals surface area contributed by atoms with Crippen LogP contribution in [0, 0.1) is 17.8 Å². The molecule has 1 saturated heterocycles. The summed E-state index contributed by atoms with van der Waals surface area (Å²) >= 11 is 0. The quantitative estimate of drug-likeness (QED) is 0.729. The number of aliphatic hydroxyl groups excluding tert-OH is 1. The van der Waals surface area contributed by atoms with Gasteiger partial charge >= 0.3 is 0 Å². The molecular formula is C12H23NO. The monoisotopic (exact) mass is 197 g/mol. The Morgan fingerprint density at radius 3 is 2.29 bits per heavy atom. The predicted molar refractivity (Wildman–Crippen MR) is 58.1 cm³/mol. The highest BCUT2D eigenvalue weighted by Crippen LogP contribution is 2.34. The highest BCUT2D eigenvalue weighted by Gasteiger charge is 2.38. The van der Waals surface area contributed by atoms with Crippen LogP contribution < -0.4 is 0 Å². The van der Waals surface area contributed by atoms with Crippen LogP contribution in [0.2, 0.25) is 0 Å². The molecule has 0 amide bonds. The van der Waals surface area contributed by atoms with E-state index >= 15 is 0 Å². The Hall–Kier alpha value is -0.0800. The van der Waals surface area contributed by atoms with Gasteiger partial charge in [0, 0.05) is 19.6 Å².